The van der Waals surface area contributed by atoms with E-state index in [4.69, 9.17) is 38.2 Å². The van der Waals surface area contributed by atoms with E-state index in [0.29, 0.717) is 89.7 Å². The molecule has 0 heterocycles. The zero-order chi connectivity index (χ0) is 78.8. The van der Waals surface area contributed by atoms with Gasteiger partial charge in [-0.2, -0.15) is 0 Å². The number of carbonyl (C=O) groups is 6. The van der Waals surface area contributed by atoms with E-state index in [2.05, 4.69) is 213 Å². The summed E-state index contributed by atoms with van der Waals surface area (Å²) >= 11 is 0. The summed E-state index contributed by atoms with van der Waals surface area (Å²) in [5.74, 6) is 0.472. The van der Waals surface area contributed by atoms with E-state index < -0.39 is 0 Å². The second-order valence-corrected chi connectivity index (χ2v) is 26.0. The van der Waals surface area contributed by atoms with Crippen molar-refractivity contribution >= 4 is 52.7 Å². The van der Waals surface area contributed by atoms with Crippen molar-refractivity contribution in [3.63, 3.8) is 0 Å². The van der Waals surface area contributed by atoms with Crippen molar-refractivity contribution in [1.29, 1.82) is 16.2 Å². The molecule has 0 aliphatic heterocycles. The van der Waals surface area contributed by atoms with Gasteiger partial charge in [-0.25, -0.2) is 0 Å². The Morgan fingerprint density at radius 3 is 0.811 bits per heavy atom. The number of amides is 1. The van der Waals surface area contributed by atoms with Crippen LogP contribution in [0.5, 0.6) is 0 Å². The number of nitrogens with two attached hydrogens (primary N) is 3. The van der Waals surface area contributed by atoms with Crippen molar-refractivity contribution in [2.45, 2.75) is 239 Å². The van der Waals surface area contributed by atoms with E-state index in [1.54, 1.807) is 21.1 Å². The van der Waals surface area contributed by atoms with E-state index in [0.717, 1.165) is 167 Å². The highest BCUT2D eigenvalue weighted by Gasteiger charge is 2.11. The summed E-state index contributed by atoms with van der Waals surface area (Å²) in [4.78, 5) is 77.6. The number of hydrogen-bond donors (Lipinski definition) is 7. The summed E-state index contributed by atoms with van der Waals surface area (Å²) in [5, 5.41) is 24.6. The van der Waals surface area contributed by atoms with Gasteiger partial charge in [0, 0.05) is 92.3 Å². The summed E-state index contributed by atoms with van der Waals surface area (Å²) < 4.78 is 5.51. The molecule has 0 aliphatic rings. The molecule has 0 aromatic heterocycles. The first-order chi connectivity index (χ1) is 51.3. The van der Waals surface area contributed by atoms with Gasteiger partial charge in [0.1, 0.15) is 11.6 Å². The molecule has 0 saturated heterocycles. The number of likely N-dealkylation sites (N-methyl/N-ethyl adjacent to an activating group) is 3. The monoisotopic (exact) mass is 1470 g/mol. The van der Waals surface area contributed by atoms with Crippen molar-refractivity contribution in [2.24, 2.45) is 17.2 Å². The maximum Gasteiger partial charge on any atom is 0.220 e. The number of unbranched alkanes of at least 4 members (excludes halogenated alkanes) is 3. The third-order valence-electron chi connectivity index (χ3n) is 15.8. The summed E-state index contributed by atoms with van der Waals surface area (Å²) in [6, 6.07) is 0. The number of Topliss-reactive ketones (excluding diaryl/α,β-unsaturated/α-hetero) is 5. The Kier molecular flexibility index (Phi) is 77.6. The third kappa shape index (κ3) is 82.9. The van der Waals surface area contributed by atoms with Crippen LogP contribution in [0.3, 0.4) is 0 Å². The smallest absolute Gasteiger partial charge is 0.220 e. The van der Waals surface area contributed by atoms with E-state index >= 15 is 0 Å². The molecule has 0 fully saturated rings. The van der Waals surface area contributed by atoms with Crippen molar-refractivity contribution in [3.8, 4) is 0 Å². The lowest BCUT2D eigenvalue weighted by molar-refractivity contribution is -0.122. The van der Waals surface area contributed by atoms with Crippen molar-refractivity contribution in [3.05, 3.63) is 182 Å². The summed E-state index contributed by atoms with van der Waals surface area (Å²) in [5.41, 5.74) is 16.0. The van der Waals surface area contributed by atoms with Crippen molar-refractivity contribution in [1.82, 2.24) is 24.9 Å². The van der Waals surface area contributed by atoms with E-state index in [1.807, 2.05) is 7.05 Å². The lowest BCUT2D eigenvalue weighted by atomic mass is 10.1. The standard InChI is InChI=1S/C31H52N4O2.C30H49N3O3.C27H44N4O2/c1-4-5-6-7-8-9-10-11-12-13-14-15-16-17-18-19-20-23-29(36)24-21-26-34(2)27-22-25-30(37)28-35(3)31(32)33;1-3-4-5-6-7-8-9-10-11-12-13-14-15-16-17-18-19-22-28(34)23-20-25-36-26-21-24-29(35)27-33(2)30(31)32;1-3-4-5-6-7-8-9-10-11-12-13-14-15-16-17-18-19-22-26(33)30-23-20-21-25(32)24-31(2)27(28)29/h5-6,8-9,11-12,14-15,17-18H,4,7,10,13,16,19-28H2,1-3H3,(H3,32,33);4-5,7-8,10-11,13-14,16-17H,3,6,9,12,15,18-27H2,1-2H3,(H3,31,32);4-5,7-8,10-11,13-14,16-17H,3,6,9,12,15,18-24H2,1-2H3,(H3,28,29)(H,30,33)/b6-5-,9-8-,12-11-,15-14-,18-17-;2*5-4-,8-7-,11-10-,14-13-,17-16-. The quantitative estimate of drug-likeness (QED) is 0.0129. The largest absolute Gasteiger partial charge is 0.381 e. The van der Waals surface area contributed by atoms with Gasteiger partial charge in [0.2, 0.25) is 5.91 Å². The van der Waals surface area contributed by atoms with Gasteiger partial charge in [0.15, 0.2) is 35.2 Å². The van der Waals surface area contributed by atoms with Crippen LogP contribution in [0.1, 0.15) is 239 Å². The van der Waals surface area contributed by atoms with Crippen LogP contribution >= 0.6 is 0 Å². The van der Waals surface area contributed by atoms with Crippen LogP contribution in [0.25, 0.3) is 0 Å². The Morgan fingerprint density at radius 1 is 0.302 bits per heavy atom. The average Bonchev–Trinajstić information content (AvgIpc) is 1.06. The van der Waals surface area contributed by atoms with Gasteiger partial charge in [-0.1, -0.05) is 203 Å². The molecule has 0 radical (unpaired) electrons. The van der Waals surface area contributed by atoms with Crippen LogP contribution in [0.2, 0.25) is 0 Å². The molecule has 10 N–H and O–H groups in total. The molecular formula is C88H145N11O7. The fourth-order valence-corrected chi connectivity index (χ4v) is 9.51. The first kappa shape index (κ1) is 102. The van der Waals surface area contributed by atoms with E-state index in [1.165, 1.54) is 14.7 Å². The molecule has 594 valence electrons. The molecule has 18 nitrogen and oxygen atoms in total. The lowest BCUT2D eigenvalue weighted by Gasteiger charge is -2.17. The molecule has 1 amide bonds. The lowest BCUT2D eigenvalue weighted by Crippen LogP contribution is -2.37. The topological polar surface area (TPSA) is 286 Å². The zero-order valence-corrected chi connectivity index (χ0v) is 66.9. The highest BCUT2D eigenvalue weighted by molar-refractivity contribution is 5.87. The molecule has 0 saturated carbocycles. The predicted molar refractivity (Wildman–Crippen MR) is 451 cm³/mol. The Balaban J connectivity index is -0.00000150. The Bertz CT molecular complexity index is 2780. The van der Waals surface area contributed by atoms with Gasteiger partial charge in [0.05, 0.1) is 19.6 Å². The number of nitrogens with one attached hydrogen (secondary N) is 4. The number of allylic oxidation sites excluding steroid dienone is 30. The van der Waals surface area contributed by atoms with Gasteiger partial charge < -0.3 is 46.9 Å². The molecule has 18 heteroatoms. The van der Waals surface area contributed by atoms with Crippen molar-refractivity contribution < 1.29 is 33.5 Å². The molecule has 0 unspecified atom stereocenters. The Morgan fingerprint density at radius 2 is 0.528 bits per heavy atom. The number of rotatable bonds is 65. The Labute approximate surface area is 643 Å². The van der Waals surface area contributed by atoms with Gasteiger partial charge in [-0.15, -0.1) is 0 Å². The van der Waals surface area contributed by atoms with Crippen LogP contribution in [0.4, 0.5) is 0 Å². The molecule has 0 rings (SSSR count). The predicted octanol–water partition coefficient (Wildman–Crippen LogP) is 18.0. The average molecular weight is 1470 g/mol. The fraction of sp³-hybridized carbons (Fsp3) is 0.557. The van der Waals surface area contributed by atoms with Crippen LogP contribution in [-0.2, 0) is 33.5 Å². The summed E-state index contributed by atoms with van der Waals surface area (Å²) in [7, 11) is 6.90. The maximum absolute atomic E-state index is 12.1. The molecule has 0 aromatic rings. The fourth-order valence-electron chi connectivity index (χ4n) is 9.51. The number of guanidine groups is 3. The van der Waals surface area contributed by atoms with Crippen LogP contribution in [0.15, 0.2) is 182 Å². The van der Waals surface area contributed by atoms with Gasteiger partial charge in [-0.3, -0.25) is 45.0 Å². The number of nitrogens with zero attached hydrogens (tertiary/aromatic N) is 4. The summed E-state index contributed by atoms with van der Waals surface area (Å²) in [6.07, 6.45) is 93.8. The number of carbonyl (C=O) groups excluding carboxylic acids is 6. The first-order valence-corrected chi connectivity index (χ1v) is 39.3. The highest BCUT2D eigenvalue weighted by Crippen LogP contribution is 2.09. The minimum absolute atomic E-state index is 0.0142. The molecular weight excluding hydrogens is 1320 g/mol. The van der Waals surface area contributed by atoms with Gasteiger partial charge in [0.25, 0.3) is 0 Å². The zero-order valence-electron chi connectivity index (χ0n) is 66.9. The van der Waals surface area contributed by atoms with Gasteiger partial charge in [-0.05, 0) is 187 Å². The van der Waals surface area contributed by atoms with Crippen molar-refractivity contribution in [2.75, 3.05) is 80.7 Å². The van der Waals surface area contributed by atoms with Crippen LogP contribution in [0, 0.1) is 16.2 Å². The van der Waals surface area contributed by atoms with Gasteiger partial charge >= 0.3 is 0 Å². The normalized spacial score (nSPS) is 12.2. The Hall–Kier alpha value is -8.35. The number of ether oxygens (including phenoxy) is 1. The minimum atomic E-state index is -0.121. The highest BCUT2D eigenvalue weighted by atomic mass is 16.5. The first-order valence-electron chi connectivity index (χ1n) is 39.3. The third-order valence-corrected chi connectivity index (χ3v) is 15.8. The molecule has 0 spiro atoms. The molecule has 106 heavy (non-hydrogen) atoms. The molecule has 0 bridgehead atoms. The maximum atomic E-state index is 12.1. The molecule has 0 atom stereocenters. The summed E-state index contributed by atoms with van der Waals surface area (Å²) in [6.45, 7) is 10.2. The minimum Gasteiger partial charge on any atom is -0.381 e. The second kappa shape index (κ2) is 80.7. The number of ketones is 5. The SMILES string of the molecule is CC/C=C\C/C=C\C/C=C\C/C=C\C/C=C\CCCC(=O)CCCN(C)CCCC(=O)CN(C)C(=N)N.CC/C=C\C/C=C\C/C=C\C/C=C\C/C=C\CCCC(=O)CCCOCCCC(=O)CN(C)C(=N)N.CC/C=C\C/C=C\C/C=C\C/C=C\C/C=C\CCCC(=O)NCCCC(=O)CN(C)C(=N)N. The molecule has 0 aliphatic carbocycles. The van der Waals surface area contributed by atoms with Crippen LogP contribution < -0.4 is 22.5 Å². The molecule has 0 aromatic carbocycles. The van der Waals surface area contributed by atoms with E-state index in [9.17, 15) is 28.8 Å². The number of hydrogen-bond acceptors (Lipinski definition) is 11. The van der Waals surface area contributed by atoms with Crippen LogP contribution in [-0.4, -0.2) is 153 Å². The second-order valence-electron chi connectivity index (χ2n) is 26.0. The van der Waals surface area contributed by atoms with E-state index in [-0.39, 0.29) is 66.6 Å².